The molecule has 1 aliphatic rings. The molecule has 0 unspecified atom stereocenters. The predicted octanol–water partition coefficient (Wildman–Crippen LogP) is 2.09. The summed E-state index contributed by atoms with van der Waals surface area (Å²) in [6.07, 6.45) is 2.48. The standard InChI is InChI=1S/C21H25N3O4/c1-3-24(13-16-8-5-6-10-17(16)27-4-2)21(26)20-19(23-18(25)14-28-20)15-9-7-11-22-12-15/h5-12,19-20H,3-4,13-14H2,1-2H3,(H,23,25)/t19-,20+/m1/s1. The highest BCUT2D eigenvalue weighted by atomic mass is 16.5. The van der Waals surface area contributed by atoms with E-state index in [9.17, 15) is 9.59 Å². The SMILES string of the molecule is CCOc1ccccc1CN(CC)C(=O)[C@H]1OCC(=O)N[C@@H]1c1cccnc1. The van der Waals surface area contributed by atoms with Crippen LogP contribution >= 0.6 is 0 Å². The quantitative estimate of drug-likeness (QED) is 0.792. The molecule has 0 spiro atoms. The Morgan fingerprint density at radius 1 is 1.29 bits per heavy atom. The van der Waals surface area contributed by atoms with Crippen LogP contribution < -0.4 is 10.1 Å². The fourth-order valence-electron chi connectivity index (χ4n) is 3.25. The summed E-state index contributed by atoms with van der Waals surface area (Å²) in [4.78, 5) is 31.0. The normalized spacial score (nSPS) is 19.0. The Kier molecular flexibility index (Phi) is 6.60. The minimum atomic E-state index is -0.805. The van der Waals surface area contributed by atoms with Crippen molar-refractivity contribution in [2.45, 2.75) is 32.5 Å². The van der Waals surface area contributed by atoms with Crippen LogP contribution in [0.3, 0.4) is 0 Å². The van der Waals surface area contributed by atoms with Crippen molar-refractivity contribution in [1.29, 1.82) is 0 Å². The van der Waals surface area contributed by atoms with Crippen LogP contribution in [-0.2, 0) is 20.9 Å². The smallest absolute Gasteiger partial charge is 0.254 e. The molecule has 1 saturated heterocycles. The number of aromatic nitrogens is 1. The van der Waals surface area contributed by atoms with Crippen LogP contribution in [0.25, 0.3) is 0 Å². The van der Waals surface area contributed by atoms with E-state index in [1.54, 1.807) is 23.4 Å². The highest BCUT2D eigenvalue weighted by Crippen LogP contribution is 2.25. The molecule has 1 aromatic carbocycles. The molecule has 1 aliphatic heterocycles. The first-order valence-electron chi connectivity index (χ1n) is 9.44. The summed E-state index contributed by atoms with van der Waals surface area (Å²) in [6.45, 7) is 5.17. The van der Waals surface area contributed by atoms with Crippen molar-refractivity contribution >= 4 is 11.8 Å². The van der Waals surface area contributed by atoms with Gasteiger partial charge in [0.1, 0.15) is 12.4 Å². The van der Waals surface area contributed by atoms with Crippen molar-refractivity contribution < 1.29 is 19.1 Å². The van der Waals surface area contributed by atoms with Gasteiger partial charge in [-0.3, -0.25) is 14.6 Å². The highest BCUT2D eigenvalue weighted by Gasteiger charge is 2.38. The van der Waals surface area contributed by atoms with Crippen LogP contribution in [0, 0.1) is 0 Å². The van der Waals surface area contributed by atoms with Crippen molar-refractivity contribution in [2.75, 3.05) is 19.8 Å². The second-order valence-electron chi connectivity index (χ2n) is 6.46. The summed E-state index contributed by atoms with van der Waals surface area (Å²) >= 11 is 0. The van der Waals surface area contributed by atoms with Crippen LogP contribution in [0.15, 0.2) is 48.8 Å². The van der Waals surface area contributed by atoms with Crippen LogP contribution in [0.2, 0.25) is 0 Å². The molecule has 0 aliphatic carbocycles. The lowest BCUT2D eigenvalue weighted by molar-refractivity contribution is -0.155. The van der Waals surface area contributed by atoms with E-state index in [1.807, 2.05) is 44.2 Å². The first-order valence-corrected chi connectivity index (χ1v) is 9.44. The first kappa shape index (κ1) is 19.8. The fourth-order valence-corrected chi connectivity index (χ4v) is 3.25. The molecule has 2 atom stereocenters. The van der Waals surface area contributed by atoms with Gasteiger partial charge in [0.25, 0.3) is 5.91 Å². The number of rotatable bonds is 7. The summed E-state index contributed by atoms with van der Waals surface area (Å²) in [7, 11) is 0. The Bertz CT molecular complexity index is 812. The van der Waals surface area contributed by atoms with Gasteiger partial charge in [0.15, 0.2) is 6.10 Å². The van der Waals surface area contributed by atoms with Gasteiger partial charge in [0.2, 0.25) is 5.91 Å². The predicted molar refractivity (Wildman–Crippen MR) is 104 cm³/mol. The topological polar surface area (TPSA) is 80.8 Å². The molecule has 0 bridgehead atoms. The molecule has 0 radical (unpaired) electrons. The van der Waals surface area contributed by atoms with E-state index in [0.29, 0.717) is 19.7 Å². The number of nitrogens with one attached hydrogen (secondary N) is 1. The number of carbonyl (C=O) groups is 2. The number of nitrogens with zero attached hydrogens (tertiary/aromatic N) is 2. The van der Waals surface area contributed by atoms with E-state index in [2.05, 4.69) is 10.3 Å². The van der Waals surface area contributed by atoms with Crippen molar-refractivity contribution in [3.63, 3.8) is 0 Å². The zero-order valence-corrected chi connectivity index (χ0v) is 16.1. The van der Waals surface area contributed by atoms with Gasteiger partial charge in [-0.05, 0) is 31.5 Å². The molecule has 2 aromatic rings. The number of benzene rings is 1. The van der Waals surface area contributed by atoms with Gasteiger partial charge in [-0.25, -0.2) is 0 Å². The van der Waals surface area contributed by atoms with Gasteiger partial charge in [-0.15, -0.1) is 0 Å². The Morgan fingerprint density at radius 3 is 2.82 bits per heavy atom. The van der Waals surface area contributed by atoms with Gasteiger partial charge in [0.05, 0.1) is 12.6 Å². The number of likely N-dealkylation sites (N-methyl/N-ethyl adjacent to an activating group) is 1. The van der Waals surface area contributed by atoms with Gasteiger partial charge in [0, 0.05) is 31.0 Å². The summed E-state index contributed by atoms with van der Waals surface area (Å²) in [6, 6.07) is 10.7. The van der Waals surface area contributed by atoms with Gasteiger partial charge < -0.3 is 19.7 Å². The molecule has 1 fully saturated rings. The summed E-state index contributed by atoms with van der Waals surface area (Å²) in [5.41, 5.74) is 1.66. The summed E-state index contributed by atoms with van der Waals surface area (Å²) in [5.74, 6) is 0.336. The summed E-state index contributed by atoms with van der Waals surface area (Å²) < 4.78 is 11.3. The van der Waals surface area contributed by atoms with E-state index >= 15 is 0 Å². The lowest BCUT2D eigenvalue weighted by Gasteiger charge is -2.35. The minimum absolute atomic E-state index is 0.139. The number of carbonyl (C=O) groups excluding carboxylic acids is 2. The Morgan fingerprint density at radius 2 is 2.11 bits per heavy atom. The fraction of sp³-hybridized carbons (Fsp3) is 0.381. The van der Waals surface area contributed by atoms with Gasteiger partial charge in [-0.2, -0.15) is 0 Å². The maximum absolute atomic E-state index is 13.3. The average Bonchev–Trinajstić information content (AvgIpc) is 2.73. The lowest BCUT2D eigenvalue weighted by Crippen LogP contribution is -2.53. The molecule has 2 heterocycles. The number of ether oxygens (including phenoxy) is 2. The molecular formula is C21H25N3O4. The number of para-hydroxylation sites is 1. The minimum Gasteiger partial charge on any atom is -0.494 e. The lowest BCUT2D eigenvalue weighted by atomic mass is 10.00. The van der Waals surface area contributed by atoms with Crippen molar-refractivity contribution in [2.24, 2.45) is 0 Å². The van der Waals surface area contributed by atoms with Crippen LogP contribution in [-0.4, -0.2) is 47.6 Å². The molecular weight excluding hydrogens is 358 g/mol. The van der Waals surface area contributed by atoms with Crippen molar-refractivity contribution in [1.82, 2.24) is 15.2 Å². The second kappa shape index (κ2) is 9.32. The molecule has 7 nitrogen and oxygen atoms in total. The Labute approximate surface area is 164 Å². The molecule has 1 aromatic heterocycles. The summed E-state index contributed by atoms with van der Waals surface area (Å²) in [5, 5.41) is 2.86. The number of hydrogen-bond donors (Lipinski definition) is 1. The third kappa shape index (κ3) is 4.48. The molecule has 148 valence electrons. The molecule has 1 N–H and O–H groups in total. The number of pyridine rings is 1. The van der Waals surface area contributed by atoms with E-state index < -0.39 is 12.1 Å². The number of amides is 2. The second-order valence-corrected chi connectivity index (χ2v) is 6.46. The third-order valence-corrected chi connectivity index (χ3v) is 4.63. The zero-order valence-electron chi connectivity index (χ0n) is 16.1. The largest absolute Gasteiger partial charge is 0.494 e. The van der Waals surface area contributed by atoms with Gasteiger partial charge >= 0.3 is 0 Å². The monoisotopic (exact) mass is 383 g/mol. The van der Waals surface area contributed by atoms with Crippen molar-refractivity contribution in [3.05, 3.63) is 59.9 Å². The van der Waals surface area contributed by atoms with Crippen molar-refractivity contribution in [3.8, 4) is 5.75 Å². The van der Waals surface area contributed by atoms with E-state index in [0.717, 1.165) is 16.9 Å². The molecule has 7 heteroatoms. The molecule has 3 rings (SSSR count). The highest BCUT2D eigenvalue weighted by molar-refractivity contribution is 5.86. The Balaban J connectivity index is 1.82. The average molecular weight is 383 g/mol. The van der Waals surface area contributed by atoms with E-state index in [-0.39, 0.29) is 18.4 Å². The third-order valence-electron chi connectivity index (χ3n) is 4.63. The maximum Gasteiger partial charge on any atom is 0.254 e. The molecule has 2 amide bonds. The molecule has 0 saturated carbocycles. The van der Waals surface area contributed by atoms with Crippen LogP contribution in [0.1, 0.15) is 31.0 Å². The van der Waals surface area contributed by atoms with E-state index in [4.69, 9.17) is 9.47 Å². The Hall–Kier alpha value is -2.93. The van der Waals surface area contributed by atoms with Gasteiger partial charge in [-0.1, -0.05) is 24.3 Å². The number of morpholine rings is 1. The zero-order chi connectivity index (χ0) is 19.9. The molecule has 28 heavy (non-hydrogen) atoms. The first-order chi connectivity index (χ1) is 13.6. The maximum atomic E-state index is 13.3. The number of hydrogen-bond acceptors (Lipinski definition) is 5. The van der Waals surface area contributed by atoms with E-state index in [1.165, 1.54) is 0 Å². The van der Waals surface area contributed by atoms with Crippen LogP contribution in [0.5, 0.6) is 5.75 Å². The van der Waals surface area contributed by atoms with Crippen LogP contribution in [0.4, 0.5) is 0 Å².